The summed E-state index contributed by atoms with van der Waals surface area (Å²) < 4.78 is 9.21. The van der Waals surface area contributed by atoms with Crippen LogP contribution in [0.5, 0.6) is 0 Å². The molecule has 0 radical (unpaired) electrons. The highest BCUT2D eigenvalue weighted by molar-refractivity contribution is 6.39. The highest BCUT2D eigenvalue weighted by Crippen LogP contribution is 2.05. The van der Waals surface area contributed by atoms with Gasteiger partial charge >= 0.3 is 11.9 Å². The first-order valence-corrected chi connectivity index (χ1v) is 5.36. The van der Waals surface area contributed by atoms with Crippen LogP contribution in [0.15, 0.2) is 12.2 Å². The van der Waals surface area contributed by atoms with E-state index in [1.54, 1.807) is 6.92 Å². The number of carbonyl (C=O) groups excluding carboxylic acids is 4. The number of ether oxygens (including phenoxy) is 2. The summed E-state index contributed by atoms with van der Waals surface area (Å²) in [6.45, 7) is 6.87. The Hall–Kier alpha value is -1.98. The average molecular weight is 256 g/mol. The first-order valence-electron chi connectivity index (χ1n) is 5.36. The van der Waals surface area contributed by atoms with Crippen molar-refractivity contribution < 1.29 is 28.7 Å². The van der Waals surface area contributed by atoms with Crippen molar-refractivity contribution in [2.75, 3.05) is 6.61 Å². The highest BCUT2D eigenvalue weighted by atomic mass is 16.6. The maximum atomic E-state index is 11.6. The molecular weight excluding hydrogens is 240 g/mol. The molecule has 0 saturated carbocycles. The molecule has 0 aromatic rings. The minimum Gasteiger partial charge on any atom is -0.457 e. The van der Waals surface area contributed by atoms with Crippen molar-refractivity contribution in [3.63, 3.8) is 0 Å². The zero-order valence-electron chi connectivity index (χ0n) is 10.6. The Bertz CT molecular complexity index is 382. The third kappa shape index (κ3) is 5.38. The average Bonchev–Trinajstić information content (AvgIpc) is 2.31. The summed E-state index contributed by atoms with van der Waals surface area (Å²) in [4.78, 5) is 44.7. The molecule has 0 N–H and O–H groups in total. The van der Waals surface area contributed by atoms with E-state index in [1.165, 1.54) is 6.92 Å². The van der Waals surface area contributed by atoms with E-state index in [2.05, 4.69) is 11.3 Å². The maximum Gasteiger partial charge on any atom is 0.333 e. The topological polar surface area (TPSA) is 86.7 Å². The van der Waals surface area contributed by atoms with Gasteiger partial charge in [0, 0.05) is 12.5 Å². The molecule has 1 atom stereocenters. The second kappa shape index (κ2) is 7.37. The molecule has 0 aliphatic heterocycles. The lowest BCUT2D eigenvalue weighted by Gasteiger charge is -2.14. The number of esters is 2. The molecule has 1 unspecified atom stereocenters. The monoisotopic (exact) mass is 256 g/mol. The Kier molecular flexibility index (Phi) is 6.56. The van der Waals surface area contributed by atoms with Crippen LogP contribution < -0.4 is 0 Å². The molecule has 0 fully saturated rings. The molecule has 0 aliphatic rings. The first-order chi connectivity index (χ1) is 8.29. The Labute approximate surface area is 105 Å². The van der Waals surface area contributed by atoms with Gasteiger partial charge in [0.25, 0.3) is 0 Å². The van der Waals surface area contributed by atoms with E-state index in [1.807, 2.05) is 0 Å². The van der Waals surface area contributed by atoms with Crippen molar-refractivity contribution in [1.82, 2.24) is 0 Å². The number of Topliss-reactive ketones (excluding diaryl/α,β-unsaturated/α-hetero) is 2. The van der Waals surface area contributed by atoms with Gasteiger partial charge in [0.05, 0.1) is 0 Å². The third-order valence-electron chi connectivity index (χ3n) is 1.94. The van der Waals surface area contributed by atoms with Crippen LogP contribution in [0.2, 0.25) is 0 Å². The van der Waals surface area contributed by atoms with E-state index in [0.717, 1.165) is 6.92 Å². The Morgan fingerprint density at radius 1 is 1.17 bits per heavy atom. The van der Waals surface area contributed by atoms with Gasteiger partial charge < -0.3 is 9.47 Å². The Morgan fingerprint density at radius 2 is 1.72 bits per heavy atom. The van der Waals surface area contributed by atoms with Crippen LogP contribution in [-0.4, -0.2) is 36.2 Å². The van der Waals surface area contributed by atoms with Crippen LogP contribution in [0.1, 0.15) is 27.2 Å². The summed E-state index contributed by atoms with van der Waals surface area (Å²) in [5.74, 6) is -3.21. The number of hydrogen-bond acceptors (Lipinski definition) is 6. The quantitative estimate of drug-likeness (QED) is 0.376. The predicted molar refractivity (Wildman–Crippen MR) is 61.6 cm³/mol. The highest BCUT2D eigenvalue weighted by Gasteiger charge is 2.27. The van der Waals surface area contributed by atoms with E-state index in [0.29, 0.717) is 0 Å². The summed E-state index contributed by atoms with van der Waals surface area (Å²) >= 11 is 0. The zero-order chi connectivity index (χ0) is 14.3. The molecule has 100 valence electrons. The number of ketones is 2. The molecule has 0 heterocycles. The van der Waals surface area contributed by atoms with E-state index in [4.69, 9.17) is 4.74 Å². The summed E-state index contributed by atoms with van der Waals surface area (Å²) in [5, 5.41) is 0. The van der Waals surface area contributed by atoms with Crippen molar-refractivity contribution in [2.45, 2.75) is 33.3 Å². The molecule has 0 aromatic carbocycles. The fraction of sp³-hybridized carbons (Fsp3) is 0.500. The SMILES string of the molecule is C=C(C)C(=O)OC(CC)C(=O)C(=O)COC(C)=O. The Balaban J connectivity index is 4.51. The minimum absolute atomic E-state index is 0.133. The summed E-state index contributed by atoms with van der Waals surface area (Å²) in [6.07, 6.45) is -1.01. The fourth-order valence-electron chi connectivity index (χ4n) is 0.970. The van der Waals surface area contributed by atoms with Gasteiger partial charge in [-0.3, -0.25) is 14.4 Å². The van der Waals surface area contributed by atoms with Crippen LogP contribution >= 0.6 is 0 Å². The van der Waals surface area contributed by atoms with Crippen LogP contribution in [0, 0.1) is 0 Å². The molecule has 0 aliphatic carbocycles. The van der Waals surface area contributed by atoms with Crippen molar-refractivity contribution in [3.05, 3.63) is 12.2 Å². The third-order valence-corrected chi connectivity index (χ3v) is 1.94. The molecule has 0 saturated heterocycles. The van der Waals surface area contributed by atoms with Crippen molar-refractivity contribution in [3.8, 4) is 0 Å². The fourth-order valence-corrected chi connectivity index (χ4v) is 0.970. The smallest absolute Gasteiger partial charge is 0.333 e. The van der Waals surface area contributed by atoms with Gasteiger partial charge in [-0.25, -0.2) is 4.79 Å². The van der Waals surface area contributed by atoms with Crippen LogP contribution in [0.3, 0.4) is 0 Å². The van der Waals surface area contributed by atoms with Crippen molar-refractivity contribution in [2.24, 2.45) is 0 Å². The Morgan fingerprint density at radius 3 is 2.11 bits per heavy atom. The second-order valence-corrected chi connectivity index (χ2v) is 3.65. The lowest BCUT2D eigenvalue weighted by Crippen LogP contribution is -2.35. The first kappa shape index (κ1) is 16.0. The van der Waals surface area contributed by atoms with Crippen LogP contribution in [-0.2, 0) is 28.7 Å². The molecule has 0 amide bonds. The van der Waals surface area contributed by atoms with Gasteiger partial charge in [-0.1, -0.05) is 13.5 Å². The predicted octanol–water partition coefficient (Wildman–Crippen LogP) is 0.586. The van der Waals surface area contributed by atoms with Gasteiger partial charge in [-0.2, -0.15) is 0 Å². The number of hydrogen-bond donors (Lipinski definition) is 0. The van der Waals surface area contributed by atoms with E-state index in [-0.39, 0.29) is 12.0 Å². The lowest BCUT2D eigenvalue weighted by atomic mass is 10.1. The number of carbonyl (C=O) groups is 4. The molecular formula is C12H16O6. The molecule has 18 heavy (non-hydrogen) atoms. The lowest BCUT2D eigenvalue weighted by molar-refractivity contribution is -0.157. The number of rotatable bonds is 7. The zero-order valence-corrected chi connectivity index (χ0v) is 10.6. The minimum atomic E-state index is -1.17. The molecule has 6 nitrogen and oxygen atoms in total. The van der Waals surface area contributed by atoms with E-state index in [9.17, 15) is 19.2 Å². The van der Waals surface area contributed by atoms with Gasteiger partial charge in [0.15, 0.2) is 12.7 Å². The largest absolute Gasteiger partial charge is 0.457 e. The van der Waals surface area contributed by atoms with Gasteiger partial charge in [-0.05, 0) is 13.3 Å². The molecule has 0 bridgehead atoms. The molecule has 0 spiro atoms. The molecule has 0 aromatic heterocycles. The summed E-state index contributed by atoms with van der Waals surface area (Å²) in [6, 6.07) is 0. The second-order valence-electron chi connectivity index (χ2n) is 3.65. The van der Waals surface area contributed by atoms with Gasteiger partial charge in [0.1, 0.15) is 0 Å². The van der Waals surface area contributed by atoms with Gasteiger partial charge in [0.2, 0.25) is 11.6 Å². The maximum absolute atomic E-state index is 11.6. The van der Waals surface area contributed by atoms with Crippen molar-refractivity contribution >= 4 is 23.5 Å². The van der Waals surface area contributed by atoms with Gasteiger partial charge in [-0.15, -0.1) is 0 Å². The van der Waals surface area contributed by atoms with Crippen LogP contribution in [0.4, 0.5) is 0 Å². The van der Waals surface area contributed by atoms with Crippen molar-refractivity contribution in [1.29, 1.82) is 0 Å². The normalized spacial score (nSPS) is 11.3. The standard InChI is InChI=1S/C12H16O6/c1-5-10(18-12(16)7(2)3)11(15)9(14)6-17-8(4)13/h10H,2,5-6H2,1,3-4H3. The summed E-state index contributed by atoms with van der Waals surface area (Å²) in [5.41, 5.74) is 0.133. The summed E-state index contributed by atoms with van der Waals surface area (Å²) in [7, 11) is 0. The molecule has 6 heteroatoms. The van der Waals surface area contributed by atoms with E-state index >= 15 is 0 Å². The molecule has 0 rings (SSSR count). The van der Waals surface area contributed by atoms with E-state index < -0.39 is 36.2 Å². The van der Waals surface area contributed by atoms with Crippen LogP contribution in [0.25, 0.3) is 0 Å².